The van der Waals surface area contributed by atoms with Crippen molar-refractivity contribution in [3.63, 3.8) is 0 Å². The predicted octanol–water partition coefficient (Wildman–Crippen LogP) is 0.177. The Morgan fingerprint density at radius 3 is 2.96 bits per heavy atom. The molecule has 0 aliphatic heterocycles. The number of hydrogen-bond acceptors (Lipinski definition) is 8. The summed E-state index contributed by atoms with van der Waals surface area (Å²) in [5.74, 6) is -1.29. The van der Waals surface area contributed by atoms with Crippen LogP contribution < -0.4 is 5.32 Å². The van der Waals surface area contributed by atoms with Gasteiger partial charge in [0, 0.05) is 23.6 Å². The average Bonchev–Trinajstić information content (AvgIpc) is 2.95. The first kappa shape index (κ1) is 16.4. The molecule has 0 atom stereocenters. The quantitative estimate of drug-likeness (QED) is 0.297. The van der Waals surface area contributed by atoms with Crippen LogP contribution in [-0.4, -0.2) is 49.2 Å². The number of carbonyl (C=O) groups is 2. The van der Waals surface area contributed by atoms with Crippen molar-refractivity contribution in [3.8, 4) is 0 Å². The molecule has 23 heavy (non-hydrogen) atoms. The molecule has 0 fully saturated rings. The SMILES string of the molecule is O=CNCCn1nnnc1Sc1ccc([N+](=O)[O-])cc1C(=O)O. The molecule has 12 heteroatoms. The Labute approximate surface area is 132 Å². The molecule has 0 saturated heterocycles. The van der Waals surface area contributed by atoms with Gasteiger partial charge in [-0.1, -0.05) is 0 Å². The minimum absolute atomic E-state index is 0.218. The first-order valence-electron chi connectivity index (χ1n) is 6.15. The summed E-state index contributed by atoms with van der Waals surface area (Å²) in [6.45, 7) is 0.595. The summed E-state index contributed by atoms with van der Waals surface area (Å²) in [6, 6.07) is 3.51. The molecule has 0 saturated carbocycles. The number of carbonyl (C=O) groups excluding carboxylic acids is 1. The van der Waals surface area contributed by atoms with E-state index in [1.807, 2.05) is 0 Å². The Morgan fingerprint density at radius 2 is 2.30 bits per heavy atom. The van der Waals surface area contributed by atoms with Gasteiger partial charge < -0.3 is 10.4 Å². The maximum Gasteiger partial charge on any atom is 0.337 e. The van der Waals surface area contributed by atoms with E-state index in [9.17, 15) is 24.8 Å². The molecule has 0 unspecified atom stereocenters. The highest BCUT2D eigenvalue weighted by Crippen LogP contribution is 2.31. The van der Waals surface area contributed by atoms with Gasteiger partial charge >= 0.3 is 5.97 Å². The summed E-state index contributed by atoms with van der Waals surface area (Å²) < 4.78 is 1.38. The highest BCUT2D eigenvalue weighted by atomic mass is 32.2. The van der Waals surface area contributed by atoms with Crippen molar-refractivity contribution in [1.29, 1.82) is 0 Å². The number of tetrazole rings is 1. The molecular weight excluding hydrogens is 328 g/mol. The van der Waals surface area contributed by atoms with E-state index in [-0.39, 0.29) is 16.1 Å². The molecule has 1 aromatic heterocycles. The van der Waals surface area contributed by atoms with E-state index in [1.165, 1.54) is 16.8 Å². The molecule has 2 rings (SSSR count). The third kappa shape index (κ3) is 4.00. The Balaban J connectivity index is 2.26. The van der Waals surface area contributed by atoms with E-state index < -0.39 is 10.9 Å². The van der Waals surface area contributed by atoms with Gasteiger partial charge in [0.05, 0.1) is 17.0 Å². The molecule has 0 spiro atoms. The molecule has 1 amide bonds. The van der Waals surface area contributed by atoms with E-state index in [4.69, 9.17) is 0 Å². The summed E-state index contributed by atoms with van der Waals surface area (Å²) >= 11 is 0.962. The Bertz CT molecular complexity index is 748. The van der Waals surface area contributed by atoms with Gasteiger partial charge in [-0.3, -0.25) is 14.9 Å². The number of nitrogens with one attached hydrogen (secondary N) is 1. The standard InChI is InChI=1S/C11H10N6O5S/c18-6-12-3-4-16-11(13-14-15-16)23-9-2-1-7(17(21)22)5-8(9)10(19)20/h1-2,5-6H,3-4H2,(H,12,18)(H,19,20). The highest BCUT2D eigenvalue weighted by Gasteiger charge is 2.19. The second-order valence-electron chi connectivity index (χ2n) is 4.10. The molecular formula is C11H10N6O5S. The lowest BCUT2D eigenvalue weighted by atomic mass is 10.2. The normalized spacial score (nSPS) is 10.3. The van der Waals surface area contributed by atoms with Crippen LogP contribution in [0, 0.1) is 10.1 Å². The van der Waals surface area contributed by atoms with Crippen molar-refractivity contribution in [1.82, 2.24) is 25.5 Å². The summed E-state index contributed by atoms with van der Waals surface area (Å²) in [4.78, 5) is 31.8. The fourth-order valence-electron chi connectivity index (χ4n) is 1.63. The summed E-state index contributed by atoms with van der Waals surface area (Å²) in [7, 11) is 0. The maximum absolute atomic E-state index is 11.3. The van der Waals surface area contributed by atoms with E-state index >= 15 is 0 Å². The number of benzene rings is 1. The van der Waals surface area contributed by atoms with Gasteiger partial charge in [0.25, 0.3) is 5.69 Å². The van der Waals surface area contributed by atoms with E-state index in [0.29, 0.717) is 24.7 Å². The van der Waals surface area contributed by atoms with E-state index in [2.05, 4.69) is 20.8 Å². The van der Waals surface area contributed by atoms with Gasteiger partial charge in [0.15, 0.2) is 0 Å². The van der Waals surface area contributed by atoms with Crippen molar-refractivity contribution < 1.29 is 19.6 Å². The number of amides is 1. The van der Waals surface area contributed by atoms with Crippen LogP contribution in [0.4, 0.5) is 5.69 Å². The maximum atomic E-state index is 11.3. The summed E-state index contributed by atoms with van der Waals surface area (Å²) in [5.41, 5.74) is -0.536. The number of hydrogen-bond donors (Lipinski definition) is 2. The fraction of sp³-hybridized carbons (Fsp3) is 0.182. The largest absolute Gasteiger partial charge is 0.478 e. The molecule has 0 bridgehead atoms. The van der Waals surface area contributed by atoms with Crippen LogP contribution in [0.5, 0.6) is 0 Å². The molecule has 1 heterocycles. The number of nitro groups is 1. The summed E-state index contributed by atoms with van der Waals surface area (Å²) in [6.07, 6.45) is 0.538. The van der Waals surface area contributed by atoms with Crippen molar-refractivity contribution in [2.24, 2.45) is 0 Å². The fourth-order valence-corrected chi connectivity index (χ4v) is 2.52. The minimum Gasteiger partial charge on any atom is -0.478 e. The zero-order chi connectivity index (χ0) is 16.8. The Hall–Kier alpha value is -3.02. The third-order valence-electron chi connectivity index (χ3n) is 2.66. The lowest BCUT2D eigenvalue weighted by Crippen LogP contribution is -2.19. The van der Waals surface area contributed by atoms with Gasteiger partial charge in [-0.05, 0) is 28.3 Å². The topological polar surface area (TPSA) is 153 Å². The van der Waals surface area contributed by atoms with Crippen LogP contribution in [0.2, 0.25) is 0 Å². The molecule has 1 aromatic carbocycles. The number of carboxylic acid groups (broad SMARTS) is 1. The third-order valence-corrected chi connectivity index (χ3v) is 3.71. The zero-order valence-corrected chi connectivity index (χ0v) is 12.3. The predicted molar refractivity (Wildman–Crippen MR) is 76.1 cm³/mol. The molecule has 0 radical (unpaired) electrons. The molecule has 0 aliphatic rings. The van der Waals surface area contributed by atoms with Crippen LogP contribution in [0.25, 0.3) is 0 Å². The Morgan fingerprint density at radius 1 is 1.52 bits per heavy atom. The van der Waals surface area contributed by atoms with Crippen molar-refractivity contribution in [2.45, 2.75) is 16.6 Å². The van der Waals surface area contributed by atoms with E-state index in [0.717, 1.165) is 17.8 Å². The number of aromatic nitrogens is 4. The molecule has 0 aliphatic carbocycles. The molecule has 120 valence electrons. The van der Waals surface area contributed by atoms with Crippen molar-refractivity contribution in [2.75, 3.05) is 6.54 Å². The van der Waals surface area contributed by atoms with Gasteiger partial charge in [0.1, 0.15) is 0 Å². The molecule has 11 nitrogen and oxygen atoms in total. The van der Waals surface area contributed by atoms with Gasteiger partial charge in [0.2, 0.25) is 11.6 Å². The second-order valence-corrected chi connectivity index (χ2v) is 5.11. The number of rotatable bonds is 8. The molecule has 2 aromatic rings. The number of aromatic carboxylic acids is 1. The lowest BCUT2D eigenvalue weighted by Gasteiger charge is -2.06. The molecule has 2 N–H and O–H groups in total. The van der Waals surface area contributed by atoms with Crippen LogP contribution >= 0.6 is 11.8 Å². The lowest BCUT2D eigenvalue weighted by molar-refractivity contribution is -0.384. The van der Waals surface area contributed by atoms with Crippen LogP contribution in [0.1, 0.15) is 10.4 Å². The number of non-ortho nitro benzene ring substituents is 1. The Kier molecular flexibility index (Phi) is 5.19. The van der Waals surface area contributed by atoms with Gasteiger partial charge in [-0.2, -0.15) is 0 Å². The van der Waals surface area contributed by atoms with Crippen molar-refractivity contribution in [3.05, 3.63) is 33.9 Å². The van der Waals surface area contributed by atoms with Gasteiger partial charge in [-0.25, -0.2) is 9.48 Å². The van der Waals surface area contributed by atoms with E-state index in [1.54, 1.807) is 0 Å². The van der Waals surface area contributed by atoms with Crippen LogP contribution in [-0.2, 0) is 11.3 Å². The minimum atomic E-state index is -1.29. The summed E-state index contributed by atoms with van der Waals surface area (Å²) in [5, 5.41) is 33.7. The van der Waals surface area contributed by atoms with Crippen molar-refractivity contribution >= 4 is 29.8 Å². The number of nitrogens with zero attached hydrogens (tertiary/aromatic N) is 5. The average molecular weight is 338 g/mol. The highest BCUT2D eigenvalue weighted by molar-refractivity contribution is 7.99. The number of nitro benzene ring substituents is 1. The first-order chi connectivity index (χ1) is 11.0. The monoisotopic (exact) mass is 338 g/mol. The van der Waals surface area contributed by atoms with Gasteiger partial charge in [-0.15, -0.1) is 5.10 Å². The zero-order valence-electron chi connectivity index (χ0n) is 11.4. The van der Waals surface area contributed by atoms with Crippen LogP contribution in [0.15, 0.2) is 28.3 Å². The van der Waals surface area contributed by atoms with Crippen LogP contribution in [0.3, 0.4) is 0 Å². The number of carboxylic acids is 1. The second kappa shape index (κ2) is 7.31. The smallest absolute Gasteiger partial charge is 0.337 e. The first-order valence-corrected chi connectivity index (χ1v) is 6.97.